The van der Waals surface area contributed by atoms with Gasteiger partial charge in [-0.25, -0.2) is 4.98 Å². The Balaban J connectivity index is 1.60. The highest BCUT2D eigenvalue weighted by molar-refractivity contribution is 5.41. The van der Waals surface area contributed by atoms with Crippen molar-refractivity contribution in [3.05, 3.63) is 47.4 Å². The minimum absolute atomic E-state index is 0.549. The van der Waals surface area contributed by atoms with Crippen LogP contribution in [0.25, 0.3) is 0 Å². The Morgan fingerprint density at radius 1 is 1.20 bits per heavy atom. The molecule has 1 aliphatic rings. The molecule has 0 bridgehead atoms. The van der Waals surface area contributed by atoms with Crippen LogP contribution in [0.1, 0.15) is 29.7 Å². The predicted molar refractivity (Wildman–Crippen MR) is 101 cm³/mol. The summed E-state index contributed by atoms with van der Waals surface area (Å²) in [4.78, 5) is 13.9. The molecule has 1 aliphatic heterocycles. The molecule has 0 radical (unpaired) electrons. The van der Waals surface area contributed by atoms with Gasteiger partial charge >= 0.3 is 0 Å². The number of hydrogen-bond donors (Lipinski definition) is 0. The lowest BCUT2D eigenvalue weighted by Gasteiger charge is -2.37. The molecule has 25 heavy (non-hydrogen) atoms. The van der Waals surface area contributed by atoms with Gasteiger partial charge in [0.05, 0.1) is 12.8 Å². The summed E-state index contributed by atoms with van der Waals surface area (Å²) < 4.78 is 5.53. The normalized spacial score (nSPS) is 16.0. The van der Waals surface area contributed by atoms with Gasteiger partial charge in [0, 0.05) is 56.2 Å². The molecule has 134 valence electrons. The van der Waals surface area contributed by atoms with E-state index in [-0.39, 0.29) is 0 Å². The summed E-state index contributed by atoms with van der Waals surface area (Å²) in [5.41, 5.74) is 3.38. The molecule has 0 aliphatic carbocycles. The van der Waals surface area contributed by atoms with Crippen LogP contribution in [0, 0.1) is 13.8 Å². The largest absolute Gasteiger partial charge is 0.496 e. The molecular formula is C20H28N4O. The second kappa shape index (κ2) is 7.83. The molecule has 0 N–H and O–H groups in total. The van der Waals surface area contributed by atoms with Crippen LogP contribution in [0.2, 0.25) is 0 Å². The Morgan fingerprint density at radius 2 is 1.96 bits per heavy atom. The molecule has 0 aromatic carbocycles. The highest BCUT2D eigenvalue weighted by Gasteiger charge is 2.24. The van der Waals surface area contributed by atoms with Gasteiger partial charge in [-0.05, 0) is 38.8 Å². The molecule has 5 nitrogen and oxygen atoms in total. The van der Waals surface area contributed by atoms with Crippen LogP contribution in [-0.2, 0) is 6.54 Å². The SMILES string of the molecule is COc1c(C)cnc(CN2CCC(N(C)c3ccccn3)CC2)c1C. The molecule has 5 heteroatoms. The van der Waals surface area contributed by atoms with Crippen LogP contribution in [0.15, 0.2) is 30.6 Å². The summed E-state index contributed by atoms with van der Waals surface area (Å²) in [6.45, 7) is 7.21. The maximum Gasteiger partial charge on any atom is 0.128 e. The molecular weight excluding hydrogens is 312 g/mol. The number of rotatable bonds is 5. The Bertz CT molecular complexity index is 696. The van der Waals surface area contributed by atoms with E-state index >= 15 is 0 Å². The van der Waals surface area contributed by atoms with E-state index in [1.807, 2.05) is 31.5 Å². The Hall–Kier alpha value is -2.14. The first-order valence-electron chi connectivity index (χ1n) is 8.95. The van der Waals surface area contributed by atoms with Gasteiger partial charge in [-0.2, -0.15) is 0 Å². The maximum absolute atomic E-state index is 5.53. The fourth-order valence-corrected chi connectivity index (χ4v) is 3.66. The van der Waals surface area contributed by atoms with Gasteiger partial charge in [-0.1, -0.05) is 6.07 Å². The quantitative estimate of drug-likeness (QED) is 0.836. The number of pyridine rings is 2. The molecule has 0 unspecified atom stereocenters. The maximum atomic E-state index is 5.53. The number of piperidine rings is 1. The van der Waals surface area contributed by atoms with Gasteiger partial charge in [-0.15, -0.1) is 0 Å². The molecule has 1 fully saturated rings. The summed E-state index contributed by atoms with van der Waals surface area (Å²) in [5.74, 6) is 2.02. The van der Waals surface area contributed by atoms with E-state index < -0.39 is 0 Å². The Labute approximate surface area is 150 Å². The molecule has 0 spiro atoms. The topological polar surface area (TPSA) is 41.5 Å². The van der Waals surface area contributed by atoms with Crippen molar-refractivity contribution in [2.75, 3.05) is 32.1 Å². The van der Waals surface area contributed by atoms with Crippen LogP contribution in [0.3, 0.4) is 0 Å². The minimum Gasteiger partial charge on any atom is -0.496 e. The van der Waals surface area contributed by atoms with E-state index in [0.717, 1.165) is 60.9 Å². The van der Waals surface area contributed by atoms with Crippen LogP contribution in [0.5, 0.6) is 5.75 Å². The number of ether oxygens (including phenoxy) is 1. The standard InChI is InChI=1S/C20H28N4O/c1-15-13-22-18(16(2)20(15)25-4)14-24-11-8-17(9-12-24)23(3)19-7-5-6-10-21-19/h5-7,10,13,17H,8-9,11-12,14H2,1-4H3. The van der Waals surface area contributed by atoms with Crippen molar-refractivity contribution in [1.29, 1.82) is 0 Å². The first-order chi connectivity index (χ1) is 12.1. The third-order valence-corrected chi connectivity index (χ3v) is 5.24. The van der Waals surface area contributed by atoms with E-state index in [0.29, 0.717) is 6.04 Å². The second-order valence-electron chi connectivity index (χ2n) is 6.85. The molecule has 3 rings (SSSR count). The van der Waals surface area contributed by atoms with Gasteiger partial charge in [0.2, 0.25) is 0 Å². The third kappa shape index (κ3) is 3.93. The number of likely N-dealkylation sites (tertiary alicyclic amines) is 1. The average molecular weight is 340 g/mol. The van der Waals surface area contributed by atoms with E-state index in [1.165, 1.54) is 0 Å². The molecule has 1 saturated heterocycles. The highest BCUT2D eigenvalue weighted by atomic mass is 16.5. The van der Waals surface area contributed by atoms with Crippen molar-refractivity contribution in [3.63, 3.8) is 0 Å². The summed E-state index contributed by atoms with van der Waals surface area (Å²) in [6, 6.07) is 6.64. The Kier molecular flexibility index (Phi) is 5.53. The zero-order valence-corrected chi connectivity index (χ0v) is 15.7. The molecule has 0 saturated carbocycles. The number of hydrogen-bond acceptors (Lipinski definition) is 5. The fourth-order valence-electron chi connectivity index (χ4n) is 3.66. The average Bonchev–Trinajstić information content (AvgIpc) is 2.65. The molecule has 0 atom stereocenters. The van der Waals surface area contributed by atoms with Gasteiger partial charge in [0.25, 0.3) is 0 Å². The summed E-state index contributed by atoms with van der Waals surface area (Å²) in [6.07, 6.45) is 6.08. The van der Waals surface area contributed by atoms with Crippen molar-refractivity contribution in [2.45, 2.75) is 39.3 Å². The summed E-state index contributed by atoms with van der Waals surface area (Å²) in [5, 5.41) is 0. The first kappa shape index (κ1) is 17.7. The fraction of sp³-hybridized carbons (Fsp3) is 0.500. The number of anilines is 1. The van der Waals surface area contributed by atoms with Crippen molar-refractivity contribution in [2.24, 2.45) is 0 Å². The zero-order valence-electron chi connectivity index (χ0n) is 15.7. The smallest absolute Gasteiger partial charge is 0.128 e. The lowest BCUT2D eigenvalue weighted by molar-refractivity contribution is 0.200. The predicted octanol–water partition coefficient (Wildman–Crippen LogP) is 3.20. The third-order valence-electron chi connectivity index (χ3n) is 5.24. The lowest BCUT2D eigenvalue weighted by Crippen LogP contribution is -2.43. The lowest BCUT2D eigenvalue weighted by atomic mass is 10.0. The monoisotopic (exact) mass is 340 g/mol. The second-order valence-corrected chi connectivity index (χ2v) is 6.85. The van der Waals surface area contributed by atoms with Crippen LogP contribution < -0.4 is 9.64 Å². The highest BCUT2D eigenvalue weighted by Crippen LogP contribution is 2.26. The van der Waals surface area contributed by atoms with E-state index in [2.05, 4.69) is 39.8 Å². The zero-order chi connectivity index (χ0) is 17.8. The molecule has 2 aromatic heterocycles. The number of aryl methyl sites for hydroxylation is 1. The van der Waals surface area contributed by atoms with E-state index in [9.17, 15) is 0 Å². The molecule has 2 aromatic rings. The number of nitrogens with zero attached hydrogens (tertiary/aromatic N) is 4. The molecule has 0 amide bonds. The molecule has 3 heterocycles. The van der Waals surface area contributed by atoms with Crippen LogP contribution >= 0.6 is 0 Å². The first-order valence-corrected chi connectivity index (χ1v) is 8.95. The van der Waals surface area contributed by atoms with Crippen LogP contribution in [-0.4, -0.2) is 48.2 Å². The summed E-state index contributed by atoms with van der Waals surface area (Å²) in [7, 11) is 3.89. The van der Waals surface area contributed by atoms with Gasteiger partial charge in [0.15, 0.2) is 0 Å². The summed E-state index contributed by atoms with van der Waals surface area (Å²) >= 11 is 0. The Morgan fingerprint density at radius 3 is 2.60 bits per heavy atom. The number of aromatic nitrogens is 2. The van der Waals surface area contributed by atoms with Gasteiger partial charge in [-0.3, -0.25) is 9.88 Å². The van der Waals surface area contributed by atoms with Crippen molar-refractivity contribution in [1.82, 2.24) is 14.9 Å². The van der Waals surface area contributed by atoms with E-state index in [4.69, 9.17) is 4.74 Å². The van der Waals surface area contributed by atoms with Gasteiger partial charge < -0.3 is 9.64 Å². The minimum atomic E-state index is 0.549. The van der Waals surface area contributed by atoms with Crippen LogP contribution in [0.4, 0.5) is 5.82 Å². The number of methoxy groups -OCH3 is 1. The van der Waals surface area contributed by atoms with Gasteiger partial charge in [0.1, 0.15) is 11.6 Å². The van der Waals surface area contributed by atoms with E-state index in [1.54, 1.807) is 7.11 Å². The van der Waals surface area contributed by atoms with Crippen molar-refractivity contribution < 1.29 is 4.74 Å². The van der Waals surface area contributed by atoms with Crippen molar-refractivity contribution in [3.8, 4) is 5.75 Å². The van der Waals surface area contributed by atoms with Crippen molar-refractivity contribution >= 4 is 5.82 Å².